The summed E-state index contributed by atoms with van der Waals surface area (Å²) in [5.41, 5.74) is 0. The van der Waals surface area contributed by atoms with Crippen molar-refractivity contribution >= 4 is 11.8 Å². The Balaban J connectivity index is 2.34. The summed E-state index contributed by atoms with van der Waals surface area (Å²) in [6, 6.07) is 4.59. The number of aromatic nitrogens is 1. The molecule has 0 saturated heterocycles. The lowest BCUT2D eigenvalue weighted by molar-refractivity contribution is -0.143. The molecule has 0 amide bonds. The van der Waals surface area contributed by atoms with Crippen LogP contribution in [0.25, 0.3) is 0 Å². The summed E-state index contributed by atoms with van der Waals surface area (Å²) in [5.74, 6) is -0.262. The van der Waals surface area contributed by atoms with E-state index in [-0.39, 0.29) is 12.0 Å². The number of carbonyl (C=O) groups excluding carboxylic acids is 1. The number of carbonyl (C=O) groups is 1. The molecule has 1 aromatic rings. The minimum absolute atomic E-state index is 0.0358. The fourth-order valence-corrected chi connectivity index (χ4v) is 1.38. The van der Waals surface area contributed by atoms with Crippen LogP contribution in [0.2, 0.25) is 0 Å². The van der Waals surface area contributed by atoms with Gasteiger partial charge in [0.1, 0.15) is 5.82 Å². The molecule has 0 saturated carbocycles. The molecule has 1 unspecified atom stereocenters. The second kappa shape index (κ2) is 6.83. The number of ether oxygens (including phenoxy) is 1. The summed E-state index contributed by atoms with van der Waals surface area (Å²) in [5, 5.41) is 3.02. The fraction of sp³-hybridized carbons (Fsp3) is 0.500. The molecule has 1 atom stereocenters. The van der Waals surface area contributed by atoms with Crippen LogP contribution in [0.3, 0.4) is 0 Å². The van der Waals surface area contributed by atoms with Crippen molar-refractivity contribution < 1.29 is 13.9 Å². The van der Waals surface area contributed by atoms with Crippen LogP contribution in [-0.4, -0.2) is 23.6 Å². The molecule has 17 heavy (non-hydrogen) atoms. The number of hydrogen-bond donors (Lipinski definition) is 1. The monoisotopic (exact) mass is 240 g/mol. The third kappa shape index (κ3) is 5.29. The van der Waals surface area contributed by atoms with Crippen LogP contribution in [0.1, 0.15) is 26.7 Å². The molecule has 1 heterocycles. The summed E-state index contributed by atoms with van der Waals surface area (Å²) in [6.07, 6.45) is 0.967. The Morgan fingerprint density at radius 3 is 3.00 bits per heavy atom. The lowest BCUT2D eigenvalue weighted by atomic mass is 10.2. The highest BCUT2D eigenvalue weighted by molar-refractivity contribution is 5.69. The van der Waals surface area contributed by atoms with Crippen LogP contribution >= 0.6 is 0 Å². The molecular weight excluding hydrogens is 223 g/mol. The minimum atomic E-state index is -0.521. The first-order chi connectivity index (χ1) is 8.11. The number of nitrogens with one attached hydrogen (secondary N) is 1. The van der Waals surface area contributed by atoms with E-state index in [1.54, 1.807) is 19.1 Å². The molecule has 0 aliphatic heterocycles. The first-order valence-electron chi connectivity index (χ1n) is 5.66. The van der Waals surface area contributed by atoms with Crippen LogP contribution in [0, 0.1) is 5.95 Å². The number of pyridine rings is 1. The largest absolute Gasteiger partial charge is 0.466 e. The molecule has 0 bridgehead atoms. The van der Waals surface area contributed by atoms with Crippen molar-refractivity contribution in [2.75, 3.05) is 11.9 Å². The molecule has 0 radical (unpaired) electrons. The molecule has 0 aromatic carbocycles. The van der Waals surface area contributed by atoms with E-state index in [2.05, 4.69) is 10.3 Å². The van der Waals surface area contributed by atoms with Crippen molar-refractivity contribution in [3.63, 3.8) is 0 Å². The van der Waals surface area contributed by atoms with Gasteiger partial charge in [-0.3, -0.25) is 4.79 Å². The zero-order valence-corrected chi connectivity index (χ0v) is 10.1. The van der Waals surface area contributed by atoms with Gasteiger partial charge in [-0.1, -0.05) is 6.07 Å². The first-order valence-corrected chi connectivity index (χ1v) is 5.66. The van der Waals surface area contributed by atoms with Crippen molar-refractivity contribution in [2.24, 2.45) is 0 Å². The van der Waals surface area contributed by atoms with Crippen molar-refractivity contribution in [1.29, 1.82) is 0 Å². The van der Waals surface area contributed by atoms with Crippen molar-refractivity contribution in [1.82, 2.24) is 4.98 Å². The van der Waals surface area contributed by atoms with Gasteiger partial charge in [0.05, 0.1) is 6.61 Å². The van der Waals surface area contributed by atoms with Gasteiger partial charge in [0, 0.05) is 12.5 Å². The number of rotatable bonds is 6. The summed E-state index contributed by atoms with van der Waals surface area (Å²) < 4.78 is 17.6. The summed E-state index contributed by atoms with van der Waals surface area (Å²) in [4.78, 5) is 14.8. The maximum absolute atomic E-state index is 12.8. The Bertz CT molecular complexity index is 371. The smallest absolute Gasteiger partial charge is 0.305 e. The van der Waals surface area contributed by atoms with Gasteiger partial charge in [-0.15, -0.1) is 0 Å². The van der Waals surface area contributed by atoms with E-state index in [0.717, 1.165) is 0 Å². The van der Waals surface area contributed by atoms with Crippen LogP contribution in [0.15, 0.2) is 18.2 Å². The number of halogens is 1. The van der Waals surface area contributed by atoms with Crippen molar-refractivity contribution in [3.8, 4) is 0 Å². The van der Waals surface area contributed by atoms with Gasteiger partial charge in [-0.25, -0.2) is 4.98 Å². The second-order valence-electron chi connectivity index (χ2n) is 3.73. The second-order valence-corrected chi connectivity index (χ2v) is 3.73. The van der Waals surface area contributed by atoms with E-state index >= 15 is 0 Å². The molecule has 0 spiro atoms. The first kappa shape index (κ1) is 13.4. The molecule has 0 fully saturated rings. The molecule has 5 heteroatoms. The lowest BCUT2D eigenvalue weighted by Gasteiger charge is -2.13. The highest BCUT2D eigenvalue weighted by atomic mass is 19.1. The number of anilines is 1. The normalized spacial score (nSPS) is 11.9. The van der Waals surface area contributed by atoms with E-state index < -0.39 is 5.95 Å². The maximum Gasteiger partial charge on any atom is 0.305 e. The van der Waals surface area contributed by atoms with E-state index in [0.29, 0.717) is 25.3 Å². The topological polar surface area (TPSA) is 51.2 Å². The van der Waals surface area contributed by atoms with Gasteiger partial charge in [-0.05, 0) is 32.4 Å². The molecule has 94 valence electrons. The summed E-state index contributed by atoms with van der Waals surface area (Å²) in [7, 11) is 0. The third-order valence-corrected chi connectivity index (χ3v) is 2.20. The van der Waals surface area contributed by atoms with Crippen molar-refractivity contribution in [3.05, 3.63) is 24.1 Å². The minimum Gasteiger partial charge on any atom is -0.466 e. The fourth-order valence-electron chi connectivity index (χ4n) is 1.38. The third-order valence-electron chi connectivity index (χ3n) is 2.20. The number of nitrogens with zero attached hydrogens (tertiary/aromatic N) is 1. The molecular formula is C12H17FN2O2. The maximum atomic E-state index is 12.8. The van der Waals surface area contributed by atoms with E-state index in [9.17, 15) is 9.18 Å². The SMILES string of the molecule is CCOC(=O)CCC(C)Nc1cccc(F)n1. The van der Waals surface area contributed by atoms with Gasteiger partial charge in [0.2, 0.25) is 5.95 Å². The van der Waals surface area contributed by atoms with Gasteiger partial charge in [0.25, 0.3) is 0 Å². The van der Waals surface area contributed by atoms with Gasteiger partial charge < -0.3 is 10.1 Å². The van der Waals surface area contributed by atoms with Gasteiger partial charge in [0.15, 0.2) is 0 Å². The van der Waals surface area contributed by atoms with Crippen LogP contribution in [0.5, 0.6) is 0 Å². The highest BCUT2D eigenvalue weighted by Gasteiger charge is 2.07. The molecule has 4 nitrogen and oxygen atoms in total. The quantitative estimate of drug-likeness (QED) is 0.612. The van der Waals surface area contributed by atoms with Gasteiger partial charge >= 0.3 is 5.97 Å². The zero-order valence-electron chi connectivity index (χ0n) is 10.1. The zero-order chi connectivity index (χ0) is 12.7. The summed E-state index contributed by atoms with van der Waals surface area (Å²) >= 11 is 0. The number of hydrogen-bond acceptors (Lipinski definition) is 4. The Labute approximate surface area is 100 Å². The standard InChI is InChI=1S/C12H17FN2O2/c1-3-17-12(16)8-7-9(2)14-11-6-4-5-10(13)15-11/h4-6,9H,3,7-8H2,1-2H3,(H,14,15). The Morgan fingerprint density at radius 1 is 1.59 bits per heavy atom. The summed E-state index contributed by atoms with van der Waals surface area (Å²) in [6.45, 7) is 4.08. The molecule has 0 aliphatic rings. The van der Waals surface area contributed by atoms with E-state index in [4.69, 9.17) is 4.74 Å². The predicted molar refractivity (Wildman–Crippen MR) is 63.1 cm³/mol. The molecule has 1 rings (SSSR count). The Kier molecular flexibility index (Phi) is 5.39. The average Bonchev–Trinajstić information content (AvgIpc) is 2.27. The molecule has 1 N–H and O–H groups in total. The van der Waals surface area contributed by atoms with Gasteiger partial charge in [-0.2, -0.15) is 4.39 Å². The van der Waals surface area contributed by atoms with Crippen LogP contribution in [0.4, 0.5) is 10.2 Å². The molecule has 0 aliphatic carbocycles. The van der Waals surface area contributed by atoms with Crippen LogP contribution in [-0.2, 0) is 9.53 Å². The number of esters is 1. The predicted octanol–water partition coefficient (Wildman–Crippen LogP) is 2.36. The Morgan fingerprint density at radius 2 is 2.35 bits per heavy atom. The average molecular weight is 240 g/mol. The molecule has 1 aromatic heterocycles. The highest BCUT2D eigenvalue weighted by Crippen LogP contribution is 2.08. The lowest BCUT2D eigenvalue weighted by Crippen LogP contribution is -2.18. The van der Waals surface area contributed by atoms with E-state index in [1.165, 1.54) is 6.07 Å². The Hall–Kier alpha value is -1.65. The van der Waals surface area contributed by atoms with Crippen LogP contribution < -0.4 is 5.32 Å². The van der Waals surface area contributed by atoms with E-state index in [1.807, 2.05) is 6.92 Å². The van der Waals surface area contributed by atoms with Crippen molar-refractivity contribution in [2.45, 2.75) is 32.7 Å².